The van der Waals surface area contributed by atoms with Crippen molar-refractivity contribution in [3.63, 3.8) is 0 Å². The van der Waals surface area contributed by atoms with Gasteiger partial charge in [0.1, 0.15) is 5.60 Å². The van der Waals surface area contributed by atoms with Gasteiger partial charge in [-0.15, -0.1) is 0 Å². The zero-order valence-electron chi connectivity index (χ0n) is 17.1. The van der Waals surface area contributed by atoms with Gasteiger partial charge in [-0.25, -0.2) is 4.79 Å². The van der Waals surface area contributed by atoms with Crippen molar-refractivity contribution < 1.29 is 14.0 Å². The van der Waals surface area contributed by atoms with Crippen molar-refractivity contribution in [3.8, 4) is 0 Å². The second-order valence-electron chi connectivity index (χ2n) is 9.76. The first kappa shape index (κ1) is 20.7. The molecule has 2 saturated heterocycles. The zero-order valence-corrected chi connectivity index (χ0v) is 18.1. The van der Waals surface area contributed by atoms with Gasteiger partial charge in [0.05, 0.1) is 5.60 Å². The molecule has 1 N–H and O–H groups in total. The smallest absolute Gasteiger partial charge is 0.410 e. The maximum Gasteiger partial charge on any atom is 0.410 e. The average molecular weight is 371 g/mol. The minimum Gasteiger partial charge on any atom is -0.444 e. The third-order valence-electron chi connectivity index (χ3n) is 4.97. The van der Waals surface area contributed by atoms with E-state index in [0.29, 0.717) is 0 Å². The summed E-state index contributed by atoms with van der Waals surface area (Å²) in [5, 5.41) is 3.45. The Bertz CT molecular complexity index is 443. The summed E-state index contributed by atoms with van der Waals surface area (Å²) in [5.74, 6) is 0.741. The Hall–Kier alpha value is -0.593. The summed E-state index contributed by atoms with van der Waals surface area (Å²) >= 11 is 0. The van der Waals surface area contributed by atoms with Crippen LogP contribution in [0.1, 0.15) is 52.9 Å². The van der Waals surface area contributed by atoms with E-state index in [4.69, 9.17) is 9.16 Å². The lowest BCUT2D eigenvalue weighted by molar-refractivity contribution is -0.0354. The number of nitrogens with zero attached hydrogens (tertiary/aromatic N) is 1. The molecule has 0 atom stereocenters. The van der Waals surface area contributed by atoms with Crippen LogP contribution in [-0.4, -0.2) is 56.7 Å². The largest absolute Gasteiger partial charge is 0.444 e. The summed E-state index contributed by atoms with van der Waals surface area (Å²) in [7, 11) is -1.64. The van der Waals surface area contributed by atoms with E-state index in [2.05, 4.69) is 25.0 Å². The van der Waals surface area contributed by atoms with Gasteiger partial charge in [0.15, 0.2) is 8.32 Å². The Morgan fingerprint density at radius 3 is 2.20 bits per heavy atom. The third kappa shape index (κ3) is 6.91. The van der Waals surface area contributed by atoms with Gasteiger partial charge in [-0.1, -0.05) is 0 Å². The van der Waals surface area contributed by atoms with E-state index in [1.54, 1.807) is 0 Å². The fourth-order valence-corrected chi connectivity index (χ4v) is 5.62. The van der Waals surface area contributed by atoms with E-state index in [-0.39, 0.29) is 11.7 Å². The quantitative estimate of drug-likeness (QED) is 0.760. The number of carbonyl (C=O) groups is 1. The summed E-state index contributed by atoms with van der Waals surface area (Å²) in [6, 6.07) is 0. The number of nitrogens with one attached hydrogen (secondary N) is 1. The fourth-order valence-electron chi connectivity index (χ4n) is 4.03. The molecule has 0 aromatic rings. The van der Waals surface area contributed by atoms with Crippen molar-refractivity contribution in [3.05, 3.63) is 0 Å². The van der Waals surface area contributed by atoms with Gasteiger partial charge in [-0.2, -0.15) is 0 Å². The van der Waals surface area contributed by atoms with Crippen molar-refractivity contribution in [2.24, 2.45) is 5.92 Å². The Balaban J connectivity index is 2.00. The molecule has 0 radical (unpaired) electrons. The molecule has 0 saturated carbocycles. The molecule has 0 aliphatic carbocycles. The summed E-state index contributed by atoms with van der Waals surface area (Å²) in [6.07, 6.45) is 5.30. The van der Waals surface area contributed by atoms with Crippen molar-refractivity contribution in [2.75, 3.05) is 26.2 Å². The molecule has 146 valence electrons. The molecule has 2 rings (SSSR count). The van der Waals surface area contributed by atoms with Gasteiger partial charge in [0.25, 0.3) is 0 Å². The van der Waals surface area contributed by atoms with Crippen molar-refractivity contribution in [1.29, 1.82) is 0 Å². The Kier molecular flexibility index (Phi) is 6.60. The van der Waals surface area contributed by atoms with E-state index in [1.165, 1.54) is 12.8 Å². The van der Waals surface area contributed by atoms with Crippen LogP contribution in [0.4, 0.5) is 4.79 Å². The molecule has 0 aromatic heterocycles. The number of amides is 1. The minimum atomic E-state index is -1.64. The second kappa shape index (κ2) is 7.97. The monoisotopic (exact) mass is 370 g/mol. The molecule has 1 amide bonds. The third-order valence-corrected chi connectivity index (χ3v) is 6.01. The summed E-state index contributed by atoms with van der Waals surface area (Å²) < 4.78 is 12.3. The topological polar surface area (TPSA) is 50.8 Å². The molecule has 5 nitrogen and oxygen atoms in total. The Morgan fingerprint density at radius 1 is 1.16 bits per heavy atom. The molecule has 6 heteroatoms. The van der Waals surface area contributed by atoms with Crippen LogP contribution in [0.15, 0.2) is 0 Å². The van der Waals surface area contributed by atoms with Crippen LogP contribution in [-0.2, 0) is 9.16 Å². The first-order chi connectivity index (χ1) is 11.5. The van der Waals surface area contributed by atoms with Crippen molar-refractivity contribution in [1.82, 2.24) is 10.2 Å². The molecular weight excluding hydrogens is 332 g/mol. The number of carbonyl (C=O) groups excluding carboxylic acids is 1. The predicted molar refractivity (Wildman–Crippen MR) is 104 cm³/mol. The first-order valence-corrected chi connectivity index (χ1v) is 13.3. The van der Waals surface area contributed by atoms with Gasteiger partial charge in [0.2, 0.25) is 0 Å². The highest BCUT2D eigenvalue weighted by Gasteiger charge is 2.42. The number of hydrogen-bond donors (Lipinski definition) is 1. The van der Waals surface area contributed by atoms with E-state index < -0.39 is 13.9 Å². The highest BCUT2D eigenvalue weighted by atomic mass is 28.4. The lowest BCUT2D eigenvalue weighted by Gasteiger charge is -2.47. The van der Waals surface area contributed by atoms with Gasteiger partial charge in [0, 0.05) is 13.1 Å². The van der Waals surface area contributed by atoms with Crippen LogP contribution in [0.5, 0.6) is 0 Å². The SMILES string of the molecule is CC(C)(C)OC(=O)N1CCC(CC2CCNCC2)(O[Si](C)(C)C)CC1. The molecule has 2 aliphatic rings. The van der Waals surface area contributed by atoms with E-state index in [0.717, 1.165) is 51.4 Å². The zero-order chi connectivity index (χ0) is 18.7. The molecule has 0 bridgehead atoms. The van der Waals surface area contributed by atoms with Crippen LogP contribution in [0.25, 0.3) is 0 Å². The lowest BCUT2D eigenvalue weighted by Crippen LogP contribution is -2.53. The average Bonchev–Trinajstić information content (AvgIpc) is 2.45. The van der Waals surface area contributed by atoms with Crippen LogP contribution < -0.4 is 5.32 Å². The first-order valence-electron chi connectivity index (χ1n) is 9.87. The van der Waals surface area contributed by atoms with E-state index >= 15 is 0 Å². The maximum absolute atomic E-state index is 12.4. The van der Waals surface area contributed by atoms with Gasteiger partial charge < -0.3 is 19.4 Å². The molecule has 0 aromatic carbocycles. The van der Waals surface area contributed by atoms with Gasteiger partial charge in [-0.05, 0) is 91.5 Å². The molecular formula is C19H38N2O3Si. The summed E-state index contributed by atoms with van der Waals surface area (Å²) in [6.45, 7) is 16.3. The summed E-state index contributed by atoms with van der Waals surface area (Å²) in [4.78, 5) is 14.2. The minimum absolute atomic E-state index is 0.0506. The molecule has 0 unspecified atom stereocenters. The highest BCUT2D eigenvalue weighted by molar-refractivity contribution is 6.69. The molecule has 25 heavy (non-hydrogen) atoms. The van der Waals surface area contributed by atoms with Crippen molar-refractivity contribution in [2.45, 2.75) is 83.7 Å². The summed E-state index contributed by atoms with van der Waals surface area (Å²) in [5.41, 5.74) is -0.486. The molecule has 0 spiro atoms. The van der Waals surface area contributed by atoms with E-state index in [9.17, 15) is 4.79 Å². The Morgan fingerprint density at radius 2 is 1.72 bits per heavy atom. The number of rotatable bonds is 4. The predicted octanol–water partition coefficient (Wildman–Crippen LogP) is 4.00. The van der Waals surface area contributed by atoms with Crippen LogP contribution in [0, 0.1) is 5.92 Å². The number of ether oxygens (including phenoxy) is 1. The second-order valence-corrected chi connectivity index (χ2v) is 14.2. The normalized spacial score (nSPS) is 22.7. The highest BCUT2D eigenvalue weighted by Crippen LogP contribution is 2.38. The van der Waals surface area contributed by atoms with Gasteiger partial charge >= 0.3 is 6.09 Å². The molecule has 2 heterocycles. The van der Waals surface area contributed by atoms with E-state index in [1.807, 2.05) is 25.7 Å². The standard InChI is InChI=1S/C19H38N2O3Si/c1-18(2,3)23-17(22)21-13-9-19(10-14-21,24-25(4,5)6)15-16-7-11-20-12-8-16/h16,20H,7-15H2,1-6H3. The molecule has 2 fully saturated rings. The number of likely N-dealkylation sites (tertiary alicyclic amines) is 1. The molecule has 2 aliphatic heterocycles. The van der Waals surface area contributed by atoms with Crippen LogP contribution >= 0.6 is 0 Å². The fraction of sp³-hybridized carbons (Fsp3) is 0.947. The van der Waals surface area contributed by atoms with Crippen LogP contribution in [0.2, 0.25) is 19.6 Å². The number of piperidine rings is 2. The van der Waals surface area contributed by atoms with Gasteiger partial charge in [-0.3, -0.25) is 0 Å². The number of hydrogen-bond acceptors (Lipinski definition) is 4. The lowest BCUT2D eigenvalue weighted by atomic mass is 9.79. The maximum atomic E-state index is 12.4. The Labute approximate surface area is 154 Å². The van der Waals surface area contributed by atoms with Crippen LogP contribution in [0.3, 0.4) is 0 Å². The van der Waals surface area contributed by atoms with Crippen molar-refractivity contribution >= 4 is 14.4 Å².